The number of amides is 1. The van der Waals surface area contributed by atoms with Gasteiger partial charge in [-0.1, -0.05) is 23.3 Å². The summed E-state index contributed by atoms with van der Waals surface area (Å²) in [5, 5.41) is 3.70. The van der Waals surface area contributed by atoms with Crippen LogP contribution in [-0.2, 0) is 4.79 Å². The number of rotatable bonds is 6. The number of carbonyl (C=O) groups is 1. The van der Waals surface area contributed by atoms with Crippen LogP contribution in [0.2, 0.25) is 5.02 Å². The van der Waals surface area contributed by atoms with E-state index in [1.54, 1.807) is 37.5 Å². The predicted molar refractivity (Wildman–Crippen MR) is 104 cm³/mol. The van der Waals surface area contributed by atoms with Gasteiger partial charge in [-0.2, -0.15) is 0 Å². The van der Waals surface area contributed by atoms with Crippen molar-refractivity contribution in [3.8, 4) is 5.75 Å². The highest BCUT2D eigenvalue weighted by Gasteiger charge is 2.19. The van der Waals surface area contributed by atoms with Gasteiger partial charge in [-0.25, -0.2) is 0 Å². The van der Waals surface area contributed by atoms with E-state index in [2.05, 4.69) is 30.1 Å². The number of allylic oxidation sites excluding steroid dienone is 1. The third-order valence-electron chi connectivity index (χ3n) is 4.30. The SMILES string of the molecule is COc1ccc(Cl)cc1/C=C/C(=O)NC1CCN(CC=C(C)C)CC1. The van der Waals surface area contributed by atoms with Crippen LogP contribution in [0.1, 0.15) is 32.3 Å². The van der Waals surface area contributed by atoms with E-state index in [0.29, 0.717) is 10.8 Å². The molecular formula is C20H27ClN2O2. The Morgan fingerprint density at radius 3 is 2.72 bits per heavy atom. The summed E-state index contributed by atoms with van der Waals surface area (Å²) in [6.07, 6.45) is 7.50. The van der Waals surface area contributed by atoms with Crippen LogP contribution in [0, 0.1) is 0 Å². The second-order valence-electron chi connectivity index (χ2n) is 6.58. The maximum absolute atomic E-state index is 12.2. The molecular weight excluding hydrogens is 336 g/mol. The molecule has 1 aromatic rings. The molecule has 0 aromatic heterocycles. The van der Waals surface area contributed by atoms with Crippen LogP contribution < -0.4 is 10.1 Å². The van der Waals surface area contributed by atoms with Gasteiger partial charge in [0.05, 0.1) is 7.11 Å². The third kappa shape index (κ3) is 6.56. The molecule has 0 unspecified atom stereocenters. The Hall–Kier alpha value is -1.78. The number of carbonyl (C=O) groups excluding carboxylic acids is 1. The molecule has 0 spiro atoms. The summed E-state index contributed by atoms with van der Waals surface area (Å²) in [6, 6.07) is 5.58. The molecule has 0 radical (unpaired) electrons. The Morgan fingerprint density at radius 2 is 2.08 bits per heavy atom. The van der Waals surface area contributed by atoms with Crippen LogP contribution in [0.3, 0.4) is 0 Å². The van der Waals surface area contributed by atoms with E-state index in [-0.39, 0.29) is 11.9 Å². The third-order valence-corrected chi connectivity index (χ3v) is 4.53. The minimum Gasteiger partial charge on any atom is -0.496 e. The number of hydrogen-bond acceptors (Lipinski definition) is 3. The lowest BCUT2D eigenvalue weighted by Crippen LogP contribution is -2.44. The zero-order valence-electron chi connectivity index (χ0n) is 15.2. The van der Waals surface area contributed by atoms with E-state index >= 15 is 0 Å². The van der Waals surface area contributed by atoms with Crippen molar-refractivity contribution in [1.29, 1.82) is 0 Å². The van der Waals surface area contributed by atoms with Crippen LogP contribution in [0.25, 0.3) is 6.08 Å². The number of halogens is 1. The molecule has 4 nitrogen and oxygen atoms in total. The number of ether oxygens (including phenoxy) is 1. The fourth-order valence-electron chi connectivity index (χ4n) is 2.82. The second-order valence-corrected chi connectivity index (χ2v) is 7.02. The molecule has 0 saturated carbocycles. The molecule has 1 saturated heterocycles. The normalized spacial score (nSPS) is 16.0. The maximum atomic E-state index is 12.2. The molecule has 1 fully saturated rings. The first kappa shape index (κ1) is 19.5. The summed E-state index contributed by atoms with van der Waals surface area (Å²) in [5.74, 6) is 0.616. The fraction of sp³-hybridized carbons (Fsp3) is 0.450. The quantitative estimate of drug-likeness (QED) is 0.616. The van der Waals surface area contributed by atoms with Crippen molar-refractivity contribution >= 4 is 23.6 Å². The lowest BCUT2D eigenvalue weighted by atomic mass is 10.0. The molecule has 0 aliphatic carbocycles. The van der Waals surface area contributed by atoms with Crippen LogP contribution in [0.4, 0.5) is 0 Å². The monoisotopic (exact) mass is 362 g/mol. The summed E-state index contributed by atoms with van der Waals surface area (Å²) in [6.45, 7) is 7.26. The minimum atomic E-state index is -0.0789. The van der Waals surface area contributed by atoms with Gasteiger partial charge in [0.2, 0.25) is 5.91 Å². The molecule has 1 heterocycles. The van der Waals surface area contributed by atoms with Crippen molar-refractivity contribution in [3.05, 3.63) is 46.5 Å². The fourth-order valence-corrected chi connectivity index (χ4v) is 3.00. The van der Waals surface area contributed by atoms with E-state index in [1.165, 1.54) is 5.57 Å². The van der Waals surface area contributed by atoms with Crippen LogP contribution in [0.15, 0.2) is 35.9 Å². The highest BCUT2D eigenvalue weighted by molar-refractivity contribution is 6.30. The van der Waals surface area contributed by atoms with Gasteiger partial charge in [-0.15, -0.1) is 0 Å². The highest BCUT2D eigenvalue weighted by Crippen LogP contribution is 2.23. The van der Waals surface area contributed by atoms with Crippen molar-refractivity contribution in [1.82, 2.24) is 10.2 Å². The zero-order valence-corrected chi connectivity index (χ0v) is 16.0. The topological polar surface area (TPSA) is 41.6 Å². The van der Waals surface area contributed by atoms with E-state index in [0.717, 1.165) is 38.0 Å². The maximum Gasteiger partial charge on any atom is 0.244 e. The second kappa shape index (κ2) is 9.64. The molecule has 25 heavy (non-hydrogen) atoms. The van der Waals surface area contributed by atoms with E-state index in [1.807, 2.05) is 0 Å². The molecule has 1 aromatic carbocycles. The van der Waals surface area contributed by atoms with Crippen molar-refractivity contribution in [2.45, 2.75) is 32.7 Å². The summed E-state index contributed by atoms with van der Waals surface area (Å²) in [5.41, 5.74) is 2.14. The number of nitrogens with zero attached hydrogens (tertiary/aromatic N) is 1. The van der Waals surface area contributed by atoms with Crippen molar-refractivity contribution < 1.29 is 9.53 Å². The van der Waals surface area contributed by atoms with Gasteiger partial charge in [0.25, 0.3) is 0 Å². The first-order valence-corrected chi connectivity index (χ1v) is 9.03. The first-order valence-electron chi connectivity index (χ1n) is 8.65. The van der Waals surface area contributed by atoms with Gasteiger partial charge >= 0.3 is 0 Å². The molecule has 1 amide bonds. The molecule has 1 aliphatic rings. The van der Waals surface area contributed by atoms with Crippen molar-refractivity contribution in [2.24, 2.45) is 0 Å². The highest BCUT2D eigenvalue weighted by atomic mass is 35.5. The molecule has 2 rings (SSSR count). The Balaban J connectivity index is 1.83. The number of methoxy groups -OCH3 is 1. The smallest absolute Gasteiger partial charge is 0.244 e. The average Bonchev–Trinajstić information content (AvgIpc) is 2.59. The number of benzene rings is 1. The standard InChI is InChI=1S/C20H27ClN2O2/c1-15(2)8-11-23-12-9-18(10-13-23)22-20(24)7-4-16-14-17(21)5-6-19(16)25-3/h4-8,14,18H,9-13H2,1-3H3,(H,22,24)/b7-4+. The Labute approximate surface area is 155 Å². The molecule has 5 heteroatoms. The van der Waals surface area contributed by atoms with Gasteiger partial charge in [-0.05, 0) is 51.0 Å². The van der Waals surface area contributed by atoms with Gasteiger partial charge < -0.3 is 10.1 Å². The van der Waals surface area contributed by atoms with Gasteiger partial charge in [0, 0.05) is 42.3 Å². The number of nitrogens with one attached hydrogen (secondary N) is 1. The molecule has 136 valence electrons. The Kier molecular flexibility index (Phi) is 7.53. The molecule has 0 bridgehead atoms. The summed E-state index contributed by atoms with van der Waals surface area (Å²) >= 11 is 6.00. The number of likely N-dealkylation sites (tertiary alicyclic amines) is 1. The summed E-state index contributed by atoms with van der Waals surface area (Å²) in [4.78, 5) is 14.6. The Morgan fingerprint density at radius 1 is 1.36 bits per heavy atom. The van der Waals surface area contributed by atoms with Crippen LogP contribution in [0.5, 0.6) is 5.75 Å². The van der Waals surface area contributed by atoms with Gasteiger partial charge in [0.15, 0.2) is 0 Å². The largest absolute Gasteiger partial charge is 0.496 e. The molecule has 1 aliphatic heterocycles. The Bertz CT molecular complexity index is 643. The number of piperidine rings is 1. The van der Waals surface area contributed by atoms with E-state index in [4.69, 9.17) is 16.3 Å². The van der Waals surface area contributed by atoms with Crippen LogP contribution in [-0.4, -0.2) is 43.6 Å². The van der Waals surface area contributed by atoms with Gasteiger partial charge in [-0.3, -0.25) is 9.69 Å². The summed E-state index contributed by atoms with van der Waals surface area (Å²) < 4.78 is 5.28. The first-order chi connectivity index (χ1) is 12.0. The molecule has 0 atom stereocenters. The predicted octanol–water partition coefficient (Wildman–Crippen LogP) is 3.91. The van der Waals surface area contributed by atoms with Crippen molar-refractivity contribution in [3.63, 3.8) is 0 Å². The zero-order chi connectivity index (χ0) is 18.2. The van der Waals surface area contributed by atoms with Gasteiger partial charge in [0.1, 0.15) is 5.75 Å². The minimum absolute atomic E-state index is 0.0789. The lowest BCUT2D eigenvalue weighted by Gasteiger charge is -2.31. The van der Waals surface area contributed by atoms with Crippen molar-refractivity contribution in [2.75, 3.05) is 26.7 Å². The molecule has 1 N–H and O–H groups in total. The number of hydrogen-bond donors (Lipinski definition) is 1. The van der Waals surface area contributed by atoms with Crippen LogP contribution >= 0.6 is 11.6 Å². The summed E-state index contributed by atoms with van der Waals surface area (Å²) in [7, 11) is 1.60. The average molecular weight is 363 g/mol. The van der Waals surface area contributed by atoms with E-state index < -0.39 is 0 Å². The lowest BCUT2D eigenvalue weighted by molar-refractivity contribution is -0.117. The van der Waals surface area contributed by atoms with E-state index in [9.17, 15) is 4.79 Å².